The Morgan fingerprint density at radius 3 is 2.03 bits per heavy atom. The van der Waals surface area contributed by atoms with Gasteiger partial charge in [-0.05, 0) is 57.1 Å². The molecule has 0 N–H and O–H groups in total. The Bertz CT molecular complexity index is 880. The number of rotatable bonds is 9. The molecular formula is C22H23F6LiO2P+. The molecule has 2 aromatic carbocycles. The van der Waals surface area contributed by atoms with Crippen LogP contribution in [0.1, 0.15) is 59.7 Å². The van der Waals surface area contributed by atoms with E-state index in [2.05, 4.69) is 6.92 Å². The van der Waals surface area contributed by atoms with Crippen molar-refractivity contribution in [2.45, 2.75) is 51.9 Å². The Balaban J connectivity index is 0.00000512. The van der Waals surface area contributed by atoms with Gasteiger partial charge in [-0.2, -0.15) is 26.3 Å². The molecule has 0 saturated carbocycles. The van der Waals surface area contributed by atoms with Crippen LogP contribution >= 0.6 is 8.58 Å². The summed E-state index contributed by atoms with van der Waals surface area (Å²) in [5.74, 6) is 0.543. The van der Waals surface area contributed by atoms with Gasteiger partial charge in [0.2, 0.25) is 0 Å². The third kappa shape index (κ3) is 7.83. The van der Waals surface area contributed by atoms with Gasteiger partial charge in [-0.15, -0.1) is 0 Å². The number of benzene rings is 2. The van der Waals surface area contributed by atoms with E-state index in [4.69, 9.17) is 4.74 Å². The van der Waals surface area contributed by atoms with E-state index in [0.29, 0.717) is 41.4 Å². The van der Waals surface area contributed by atoms with Gasteiger partial charge < -0.3 is 4.74 Å². The largest absolute Gasteiger partial charge is 1.00 e. The van der Waals surface area contributed by atoms with Crippen molar-refractivity contribution in [3.05, 3.63) is 58.7 Å². The summed E-state index contributed by atoms with van der Waals surface area (Å²) >= 11 is 0. The van der Waals surface area contributed by atoms with E-state index < -0.39 is 43.1 Å². The molecule has 1 atom stereocenters. The first-order chi connectivity index (χ1) is 14.4. The van der Waals surface area contributed by atoms with Crippen LogP contribution in [0, 0.1) is 6.92 Å². The standard InChI is InChI=1S/C22H23F6O2P.Li/c1-3-4-5-6-12-30-15-10-11-18(14(2)13-15)31-20(29)19-16(21(23,24)25)8-7-9-17(19)22(26,27)28;/h7-11,13,31H,3-6,12H2,1-2H3;/q;+1. The maximum absolute atomic E-state index is 13.3. The first-order valence-electron chi connectivity index (χ1n) is 9.77. The van der Waals surface area contributed by atoms with Gasteiger partial charge in [0.15, 0.2) is 5.52 Å². The van der Waals surface area contributed by atoms with E-state index >= 15 is 0 Å². The minimum Gasteiger partial charge on any atom is -0.494 e. The summed E-state index contributed by atoms with van der Waals surface area (Å²) in [6, 6.07) is 6.36. The Morgan fingerprint density at radius 1 is 0.938 bits per heavy atom. The van der Waals surface area contributed by atoms with Crippen molar-refractivity contribution >= 4 is 19.4 Å². The van der Waals surface area contributed by atoms with Crippen molar-refractivity contribution in [1.29, 1.82) is 0 Å². The normalized spacial score (nSPS) is 12.1. The van der Waals surface area contributed by atoms with Gasteiger partial charge in [0, 0.05) is 5.56 Å². The second-order valence-electron chi connectivity index (χ2n) is 7.06. The molecular weight excluding hydrogens is 448 g/mol. The predicted molar refractivity (Wildman–Crippen MR) is 110 cm³/mol. The molecule has 0 fully saturated rings. The molecule has 0 radical (unpaired) electrons. The fourth-order valence-corrected chi connectivity index (χ4v) is 4.11. The van der Waals surface area contributed by atoms with E-state index in [9.17, 15) is 31.1 Å². The second-order valence-corrected chi connectivity index (χ2v) is 8.31. The maximum Gasteiger partial charge on any atom is 1.00 e. The fourth-order valence-electron chi connectivity index (χ4n) is 3.04. The van der Waals surface area contributed by atoms with Crippen molar-refractivity contribution in [2.24, 2.45) is 0 Å². The van der Waals surface area contributed by atoms with Crippen LogP contribution in [-0.4, -0.2) is 12.1 Å². The van der Waals surface area contributed by atoms with Crippen LogP contribution in [-0.2, 0) is 12.4 Å². The summed E-state index contributed by atoms with van der Waals surface area (Å²) in [5.41, 5.74) is -5.14. The van der Waals surface area contributed by atoms with Gasteiger partial charge in [0.1, 0.15) is 5.75 Å². The average molecular weight is 471 g/mol. The third-order valence-corrected chi connectivity index (χ3v) is 5.92. The van der Waals surface area contributed by atoms with Gasteiger partial charge in [0.05, 0.1) is 17.7 Å². The number of unbranched alkanes of at least 4 members (excludes halogenated alkanes) is 3. The summed E-state index contributed by atoms with van der Waals surface area (Å²) < 4.78 is 85.5. The van der Waals surface area contributed by atoms with E-state index in [0.717, 1.165) is 25.7 Å². The molecule has 0 aliphatic carbocycles. The predicted octanol–water partition coefficient (Wildman–Crippen LogP) is 4.14. The van der Waals surface area contributed by atoms with Crippen LogP contribution in [0.4, 0.5) is 26.3 Å². The molecule has 0 aliphatic heterocycles. The van der Waals surface area contributed by atoms with Crippen LogP contribution in [0.3, 0.4) is 0 Å². The van der Waals surface area contributed by atoms with Crippen LogP contribution in [0.2, 0.25) is 0 Å². The quantitative estimate of drug-likeness (QED) is 0.238. The average Bonchev–Trinajstić information content (AvgIpc) is 2.67. The van der Waals surface area contributed by atoms with Crippen molar-refractivity contribution in [2.75, 3.05) is 6.61 Å². The number of carbonyl (C=O) groups is 1. The van der Waals surface area contributed by atoms with Crippen LogP contribution in [0.5, 0.6) is 5.75 Å². The summed E-state index contributed by atoms with van der Waals surface area (Å²) in [7, 11) is -0.890. The van der Waals surface area contributed by atoms with E-state index in [1.54, 1.807) is 19.1 Å². The van der Waals surface area contributed by atoms with Crippen LogP contribution in [0.15, 0.2) is 36.4 Å². The molecule has 0 aliphatic rings. The molecule has 0 amide bonds. The van der Waals surface area contributed by atoms with Crippen molar-refractivity contribution in [3.63, 3.8) is 0 Å². The van der Waals surface area contributed by atoms with E-state index in [1.165, 1.54) is 6.07 Å². The number of hydrogen-bond donors (Lipinski definition) is 0. The summed E-state index contributed by atoms with van der Waals surface area (Å²) in [5, 5.41) is 0.369. The minimum atomic E-state index is -5.08. The molecule has 2 nitrogen and oxygen atoms in total. The summed E-state index contributed by atoms with van der Waals surface area (Å²) in [6.07, 6.45) is -6.06. The number of carbonyl (C=O) groups excluding carboxylic acids is 1. The molecule has 0 heterocycles. The SMILES string of the molecule is CCCCCCOc1ccc(PC(=O)c2c(C(F)(F)F)cccc2C(F)(F)F)c(C)c1.[Li+]. The van der Waals surface area contributed by atoms with Crippen molar-refractivity contribution in [1.82, 2.24) is 0 Å². The molecule has 0 aromatic heterocycles. The van der Waals surface area contributed by atoms with Gasteiger partial charge in [-0.25, -0.2) is 0 Å². The molecule has 0 bridgehead atoms. The molecule has 1 unspecified atom stereocenters. The third-order valence-electron chi connectivity index (χ3n) is 4.62. The molecule has 170 valence electrons. The Hall–Kier alpha value is -1.48. The van der Waals surface area contributed by atoms with Gasteiger partial charge >= 0.3 is 31.2 Å². The summed E-state index contributed by atoms with van der Waals surface area (Å²) in [6.45, 7) is 4.24. The number of hydrogen-bond acceptors (Lipinski definition) is 2. The fraction of sp³-hybridized carbons (Fsp3) is 0.409. The van der Waals surface area contributed by atoms with Crippen LogP contribution in [0.25, 0.3) is 0 Å². The smallest absolute Gasteiger partial charge is 0.494 e. The maximum atomic E-state index is 13.3. The van der Waals surface area contributed by atoms with Gasteiger partial charge in [0.25, 0.3) is 0 Å². The monoisotopic (exact) mass is 471 g/mol. The molecule has 2 rings (SSSR count). The van der Waals surface area contributed by atoms with Crippen molar-refractivity contribution in [3.8, 4) is 5.75 Å². The molecule has 32 heavy (non-hydrogen) atoms. The molecule has 10 heteroatoms. The molecule has 0 saturated heterocycles. The molecule has 2 aromatic rings. The molecule has 0 spiro atoms. The van der Waals surface area contributed by atoms with Gasteiger partial charge in [-0.3, -0.25) is 4.79 Å². The number of halogens is 6. The topological polar surface area (TPSA) is 26.3 Å². The zero-order valence-corrected chi connectivity index (χ0v) is 19.1. The Kier molecular flexibility index (Phi) is 10.8. The zero-order chi connectivity index (χ0) is 23.2. The number of aryl methyl sites for hydroxylation is 1. The first-order valence-corrected chi connectivity index (χ1v) is 10.8. The number of ether oxygens (including phenoxy) is 1. The van der Waals surface area contributed by atoms with E-state index in [1.807, 2.05) is 0 Å². The van der Waals surface area contributed by atoms with Gasteiger partial charge in [-0.1, -0.05) is 38.3 Å². The zero-order valence-electron chi connectivity index (χ0n) is 18.1. The second kappa shape index (κ2) is 12.1. The number of alkyl halides is 6. The minimum absolute atomic E-state index is 0. The Morgan fingerprint density at radius 2 is 1.53 bits per heavy atom. The summed E-state index contributed by atoms with van der Waals surface area (Å²) in [4.78, 5) is 12.6. The Labute approximate surface area is 197 Å². The van der Waals surface area contributed by atoms with Crippen molar-refractivity contribution < 1.29 is 54.7 Å². The first kappa shape index (κ1) is 28.6. The van der Waals surface area contributed by atoms with Crippen LogP contribution < -0.4 is 28.9 Å². The van der Waals surface area contributed by atoms with E-state index in [-0.39, 0.29) is 18.9 Å².